The highest BCUT2D eigenvalue weighted by molar-refractivity contribution is 7.80. The molecular weight excluding hydrogens is 264 g/mol. The van der Waals surface area contributed by atoms with Crippen molar-refractivity contribution in [2.24, 2.45) is 5.73 Å². The Bertz CT molecular complexity index is 229. The SMILES string of the molecule is CN[C@@H](CCS)C(=O)O.N[C@H](CCS)C(=O)O. The fourth-order valence-corrected chi connectivity index (χ4v) is 1.32. The number of rotatable bonds is 7. The molecule has 102 valence electrons. The number of carboxylic acid groups (broad SMARTS) is 2. The second-order valence-electron chi connectivity index (χ2n) is 3.15. The summed E-state index contributed by atoms with van der Waals surface area (Å²) in [5, 5.41) is 19.2. The van der Waals surface area contributed by atoms with Gasteiger partial charge in [-0.3, -0.25) is 9.59 Å². The smallest absolute Gasteiger partial charge is 0.320 e. The van der Waals surface area contributed by atoms with E-state index in [-0.39, 0.29) is 0 Å². The van der Waals surface area contributed by atoms with Gasteiger partial charge in [0.15, 0.2) is 0 Å². The van der Waals surface area contributed by atoms with Crippen LogP contribution in [0.2, 0.25) is 0 Å². The standard InChI is InChI=1S/C5H11NO2S.C4H9NO2S/c1-6-4(2-3-9)5(7)8;5-3(1-2-8)4(6)7/h4,6,9H,2-3H2,1H3,(H,7,8);3,8H,1-2,5H2,(H,6,7)/t4-;3-/m01/s1. The predicted molar refractivity (Wildman–Crippen MR) is 73.0 cm³/mol. The molecule has 0 fully saturated rings. The van der Waals surface area contributed by atoms with E-state index in [2.05, 4.69) is 30.6 Å². The molecule has 8 heteroatoms. The van der Waals surface area contributed by atoms with E-state index < -0.39 is 24.0 Å². The van der Waals surface area contributed by atoms with Crippen molar-refractivity contribution in [1.82, 2.24) is 5.32 Å². The van der Waals surface area contributed by atoms with Crippen LogP contribution in [-0.2, 0) is 9.59 Å². The molecule has 0 saturated carbocycles. The second kappa shape index (κ2) is 12.0. The molecule has 0 bridgehead atoms. The number of nitrogens with one attached hydrogen (secondary N) is 1. The predicted octanol–water partition coefficient (Wildman–Crippen LogP) is -0.303. The van der Waals surface area contributed by atoms with Crippen molar-refractivity contribution in [2.75, 3.05) is 18.6 Å². The van der Waals surface area contributed by atoms with Gasteiger partial charge in [-0.15, -0.1) is 0 Å². The molecule has 0 aromatic carbocycles. The maximum absolute atomic E-state index is 10.2. The fourth-order valence-electron chi connectivity index (χ4n) is 0.783. The molecule has 0 amide bonds. The zero-order valence-corrected chi connectivity index (χ0v) is 11.5. The third-order valence-corrected chi connectivity index (χ3v) is 2.34. The van der Waals surface area contributed by atoms with Crippen molar-refractivity contribution in [2.45, 2.75) is 24.9 Å². The van der Waals surface area contributed by atoms with Crippen LogP contribution in [0.5, 0.6) is 0 Å². The quantitative estimate of drug-likeness (QED) is 0.358. The Morgan fingerprint density at radius 1 is 1.18 bits per heavy atom. The second-order valence-corrected chi connectivity index (χ2v) is 4.04. The van der Waals surface area contributed by atoms with Gasteiger partial charge in [0.2, 0.25) is 0 Å². The maximum atomic E-state index is 10.2. The maximum Gasteiger partial charge on any atom is 0.320 e. The molecule has 0 saturated heterocycles. The lowest BCUT2D eigenvalue weighted by molar-refractivity contribution is -0.140. The molecule has 5 N–H and O–H groups in total. The Balaban J connectivity index is 0. The van der Waals surface area contributed by atoms with E-state index in [1.165, 1.54) is 0 Å². The van der Waals surface area contributed by atoms with Crippen molar-refractivity contribution in [3.8, 4) is 0 Å². The molecule has 0 radical (unpaired) electrons. The highest BCUT2D eigenvalue weighted by Crippen LogP contribution is 1.92. The minimum atomic E-state index is -0.959. The van der Waals surface area contributed by atoms with Crippen LogP contribution in [-0.4, -0.2) is 52.8 Å². The zero-order valence-electron chi connectivity index (χ0n) is 9.67. The van der Waals surface area contributed by atoms with E-state index in [0.29, 0.717) is 24.3 Å². The van der Waals surface area contributed by atoms with E-state index in [9.17, 15) is 9.59 Å². The zero-order chi connectivity index (χ0) is 13.8. The van der Waals surface area contributed by atoms with E-state index in [1.54, 1.807) is 7.05 Å². The molecule has 0 aliphatic carbocycles. The average Bonchev–Trinajstić information content (AvgIpc) is 2.26. The Kier molecular flexibility index (Phi) is 13.4. The summed E-state index contributed by atoms with van der Waals surface area (Å²) >= 11 is 7.72. The van der Waals surface area contributed by atoms with Crippen molar-refractivity contribution in [1.29, 1.82) is 0 Å². The number of aliphatic carboxylic acids is 2. The summed E-state index contributed by atoms with van der Waals surface area (Å²) in [6.45, 7) is 0. The van der Waals surface area contributed by atoms with Crippen molar-refractivity contribution >= 4 is 37.2 Å². The summed E-state index contributed by atoms with van der Waals surface area (Å²) in [6, 6.07) is -1.19. The topological polar surface area (TPSA) is 113 Å². The van der Waals surface area contributed by atoms with Gasteiger partial charge in [-0.25, -0.2) is 0 Å². The number of hydrogen-bond donors (Lipinski definition) is 6. The van der Waals surface area contributed by atoms with E-state index in [4.69, 9.17) is 15.9 Å². The first kappa shape index (κ1) is 18.9. The van der Waals surface area contributed by atoms with Gasteiger partial charge in [0, 0.05) is 0 Å². The average molecular weight is 284 g/mol. The van der Waals surface area contributed by atoms with Crippen molar-refractivity contribution < 1.29 is 19.8 Å². The minimum absolute atomic E-state index is 0.429. The van der Waals surface area contributed by atoms with Gasteiger partial charge in [-0.05, 0) is 31.4 Å². The van der Waals surface area contributed by atoms with Crippen LogP contribution >= 0.6 is 25.3 Å². The number of hydrogen-bond acceptors (Lipinski definition) is 6. The molecule has 0 aromatic heterocycles. The van der Waals surface area contributed by atoms with Gasteiger partial charge in [0.1, 0.15) is 12.1 Å². The first-order chi connectivity index (χ1) is 7.90. The highest BCUT2D eigenvalue weighted by Gasteiger charge is 2.12. The van der Waals surface area contributed by atoms with Gasteiger partial charge >= 0.3 is 11.9 Å². The van der Waals surface area contributed by atoms with Crippen molar-refractivity contribution in [3.63, 3.8) is 0 Å². The van der Waals surface area contributed by atoms with Gasteiger partial charge in [0.25, 0.3) is 0 Å². The van der Waals surface area contributed by atoms with E-state index >= 15 is 0 Å². The minimum Gasteiger partial charge on any atom is -0.480 e. The Labute approximate surface area is 112 Å². The molecule has 0 spiro atoms. The molecule has 0 rings (SSSR count). The van der Waals surface area contributed by atoms with E-state index in [0.717, 1.165) is 0 Å². The lowest BCUT2D eigenvalue weighted by Crippen LogP contribution is -2.33. The molecule has 0 aliphatic rings. The van der Waals surface area contributed by atoms with Crippen LogP contribution in [0.25, 0.3) is 0 Å². The molecule has 0 aliphatic heterocycles. The van der Waals surface area contributed by atoms with Crippen LogP contribution in [0.1, 0.15) is 12.8 Å². The lowest BCUT2D eigenvalue weighted by Gasteiger charge is -2.07. The first-order valence-corrected chi connectivity index (χ1v) is 6.27. The summed E-state index contributed by atoms with van der Waals surface area (Å²) < 4.78 is 0. The largest absolute Gasteiger partial charge is 0.480 e. The van der Waals surface area contributed by atoms with Crippen molar-refractivity contribution in [3.05, 3.63) is 0 Å². The third-order valence-electron chi connectivity index (χ3n) is 1.82. The number of carboxylic acids is 2. The van der Waals surface area contributed by atoms with Gasteiger partial charge in [-0.1, -0.05) is 0 Å². The molecule has 2 atom stereocenters. The molecule has 0 heterocycles. The summed E-state index contributed by atoms with van der Waals surface area (Å²) in [5.41, 5.74) is 5.08. The Hall–Kier alpha value is -0.440. The Morgan fingerprint density at radius 2 is 1.65 bits per heavy atom. The normalized spacial score (nSPS) is 13.2. The monoisotopic (exact) mass is 284 g/mol. The van der Waals surface area contributed by atoms with Crippen LogP contribution in [0.4, 0.5) is 0 Å². The molecule has 0 unspecified atom stereocenters. The van der Waals surface area contributed by atoms with E-state index in [1.807, 2.05) is 0 Å². The van der Waals surface area contributed by atoms with Crippen LogP contribution in [0.3, 0.4) is 0 Å². The number of nitrogens with two attached hydrogens (primary N) is 1. The first-order valence-electron chi connectivity index (χ1n) is 5.00. The van der Waals surface area contributed by atoms with Crippen LogP contribution < -0.4 is 11.1 Å². The van der Waals surface area contributed by atoms with Gasteiger partial charge in [0.05, 0.1) is 0 Å². The van der Waals surface area contributed by atoms with Gasteiger partial charge in [-0.2, -0.15) is 25.3 Å². The molecule has 6 nitrogen and oxygen atoms in total. The third kappa shape index (κ3) is 11.8. The highest BCUT2D eigenvalue weighted by atomic mass is 32.1. The number of carbonyl (C=O) groups is 2. The number of likely N-dealkylation sites (N-methyl/N-ethyl adjacent to an activating group) is 1. The summed E-state index contributed by atoms with van der Waals surface area (Å²) in [5.74, 6) is -0.656. The number of thiol groups is 2. The van der Waals surface area contributed by atoms with Crippen LogP contribution in [0.15, 0.2) is 0 Å². The molecule has 0 aromatic rings. The summed E-state index contributed by atoms with van der Waals surface area (Å²) in [7, 11) is 1.63. The molecular formula is C9H20N2O4S2. The van der Waals surface area contributed by atoms with Gasteiger partial charge < -0.3 is 21.3 Å². The molecule has 17 heavy (non-hydrogen) atoms. The van der Waals surface area contributed by atoms with Crippen LogP contribution in [0, 0.1) is 0 Å². The Morgan fingerprint density at radius 3 is 1.76 bits per heavy atom. The fraction of sp³-hybridized carbons (Fsp3) is 0.778. The summed E-state index contributed by atoms with van der Waals surface area (Å²) in [6.07, 6.45) is 0.993. The summed E-state index contributed by atoms with van der Waals surface area (Å²) in [4.78, 5) is 20.2. The lowest BCUT2D eigenvalue weighted by atomic mass is 10.2.